The van der Waals surface area contributed by atoms with Crippen molar-refractivity contribution in [2.45, 2.75) is 0 Å². The van der Waals surface area contributed by atoms with Crippen LogP contribution in [-0.2, 0) is 0 Å². The Kier molecular flexibility index (Phi) is 4.01. The van der Waals surface area contributed by atoms with Crippen LogP contribution >= 0.6 is 31.9 Å². The van der Waals surface area contributed by atoms with E-state index in [-0.39, 0.29) is 15.9 Å². The Balaban J connectivity index is 2.18. The van der Waals surface area contributed by atoms with Crippen LogP contribution in [0.5, 0.6) is 0 Å². The number of nitrogens with zero attached hydrogens (tertiary/aromatic N) is 1. The number of anilines is 1. The Bertz CT molecular complexity index is 654. The Hall–Kier alpha value is -1.67. The second-order valence-corrected chi connectivity index (χ2v) is 5.12. The molecule has 1 aromatic heterocycles. The minimum Gasteiger partial charge on any atom is -0.444 e. The molecule has 1 N–H and O–H groups in total. The van der Waals surface area contributed by atoms with Crippen LogP contribution in [0.15, 0.2) is 43.9 Å². The maximum absolute atomic E-state index is 11.8. The monoisotopic (exact) mass is 388 g/mol. The van der Waals surface area contributed by atoms with Gasteiger partial charge in [-0.1, -0.05) is 0 Å². The molecule has 1 amide bonds. The van der Waals surface area contributed by atoms with Crippen LogP contribution < -0.4 is 5.32 Å². The number of nitro benzene ring substituents is 1. The van der Waals surface area contributed by atoms with Gasteiger partial charge in [-0.15, -0.1) is 0 Å². The lowest BCUT2D eigenvalue weighted by atomic mass is 10.3. The summed E-state index contributed by atoms with van der Waals surface area (Å²) in [5, 5.41) is 13.2. The lowest BCUT2D eigenvalue weighted by Gasteiger charge is -2.03. The van der Waals surface area contributed by atoms with Crippen molar-refractivity contribution in [3.63, 3.8) is 0 Å². The zero-order valence-electron chi connectivity index (χ0n) is 9.22. The molecule has 2 aromatic rings. The van der Waals surface area contributed by atoms with E-state index in [2.05, 4.69) is 37.2 Å². The maximum Gasteiger partial charge on any atom is 0.291 e. The standard InChI is InChI=1S/C11H6Br2N2O4/c12-7-5-6(1-2-8(7)15(17)18)14-11(16)9-3-4-10(13)19-9/h1-5H,(H,14,16). The van der Waals surface area contributed by atoms with Crippen molar-refractivity contribution in [2.75, 3.05) is 5.32 Å². The van der Waals surface area contributed by atoms with E-state index < -0.39 is 10.8 Å². The number of hydrogen-bond donors (Lipinski definition) is 1. The summed E-state index contributed by atoms with van der Waals surface area (Å²) in [5.74, 6) is -0.298. The molecule has 1 aromatic carbocycles. The van der Waals surface area contributed by atoms with E-state index in [9.17, 15) is 14.9 Å². The predicted octanol–water partition coefficient (Wildman–Crippen LogP) is 3.97. The Morgan fingerprint density at radius 3 is 2.53 bits per heavy atom. The van der Waals surface area contributed by atoms with Crippen LogP contribution in [0.1, 0.15) is 10.6 Å². The van der Waals surface area contributed by atoms with Gasteiger partial charge in [-0.05, 0) is 56.1 Å². The van der Waals surface area contributed by atoms with Crippen molar-refractivity contribution in [3.8, 4) is 0 Å². The third kappa shape index (κ3) is 3.21. The van der Waals surface area contributed by atoms with E-state index in [0.717, 1.165) is 0 Å². The molecule has 0 aliphatic rings. The van der Waals surface area contributed by atoms with E-state index in [0.29, 0.717) is 10.4 Å². The fourth-order valence-electron chi connectivity index (χ4n) is 1.36. The van der Waals surface area contributed by atoms with Gasteiger partial charge in [0.05, 0.1) is 9.40 Å². The normalized spacial score (nSPS) is 10.2. The average molecular weight is 390 g/mol. The van der Waals surface area contributed by atoms with Gasteiger partial charge in [0, 0.05) is 11.8 Å². The molecule has 1 heterocycles. The van der Waals surface area contributed by atoms with Gasteiger partial charge in [0.15, 0.2) is 10.4 Å². The van der Waals surface area contributed by atoms with Crippen molar-refractivity contribution < 1.29 is 14.1 Å². The third-order valence-corrected chi connectivity index (χ3v) is 3.26. The van der Waals surface area contributed by atoms with Gasteiger partial charge < -0.3 is 9.73 Å². The quantitative estimate of drug-likeness (QED) is 0.635. The van der Waals surface area contributed by atoms with Crippen LogP contribution in [0.2, 0.25) is 0 Å². The number of halogens is 2. The lowest BCUT2D eigenvalue weighted by molar-refractivity contribution is -0.385. The minimum absolute atomic E-state index is 0.0706. The summed E-state index contributed by atoms with van der Waals surface area (Å²) in [4.78, 5) is 21.9. The fraction of sp³-hybridized carbons (Fsp3) is 0. The molecule has 19 heavy (non-hydrogen) atoms. The first-order chi connectivity index (χ1) is 8.97. The van der Waals surface area contributed by atoms with Crippen LogP contribution in [0.3, 0.4) is 0 Å². The van der Waals surface area contributed by atoms with Crippen LogP contribution in [-0.4, -0.2) is 10.8 Å². The van der Waals surface area contributed by atoms with Crippen molar-refractivity contribution >= 4 is 49.1 Å². The Labute approximate surface area is 124 Å². The molecular weight excluding hydrogens is 384 g/mol. The zero-order valence-corrected chi connectivity index (χ0v) is 12.4. The molecule has 8 heteroatoms. The average Bonchev–Trinajstić information content (AvgIpc) is 2.75. The number of carbonyl (C=O) groups is 1. The Morgan fingerprint density at radius 1 is 1.26 bits per heavy atom. The number of rotatable bonds is 3. The number of benzene rings is 1. The summed E-state index contributed by atoms with van der Waals surface area (Å²) in [5.41, 5.74) is 0.355. The fourth-order valence-corrected chi connectivity index (χ4v) is 2.19. The minimum atomic E-state index is -0.515. The van der Waals surface area contributed by atoms with Crippen molar-refractivity contribution in [1.29, 1.82) is 0 Å². The van der Waals surface area contributed by atoms with Crippen LogP contribution in [0.25, 0.3) is 0 Å². The smallest absolute Gasteiger partial charge is 0.291 e. The number of furan rings is 1. The molecule has 98 valence electrons. The van der Waals surface area contributed by atoms with Crippen molar-refractivity contribution in [1.82, 2.24) is 0 Å². The molecule has 0 aliphatic carbocycles. The molecule has 0 aliphatic heterocycles. The lowest BCUT2D eigenvalue weighted by Crippen LogP contribution is -2.10. The largest absolute Gasteiger partial charge is 0.444 e. The maximum atomic E-state index is 11.8. The third-order valence-electron chi connectivity index (χ3n) is 2.20. The van der Waals surface area contributed by atoms with E-state index in [1.165, 1.54) is 24.3 Å². The van der Waals surface area contributed by atoms with Gasteiger partial charge in [0.25, 0.3) is 11.6 Å². The molecule has 0 fully saturated rings. The molecule has 0 saturated carbocycles. The summed E-state index contributed by atoms with van der Waals surface area (Å²) in [6.45, 7) is 0. The summed E-state index contributed by atoms with van der Waals surface area (Å²) in [7, 11) is 0. The topological polar surface area (TPSA) is 85.4 Å². The summed E-state index contributed by atoms with van der Waals surface area (Å²) in [6, 6.07) is 7.31. The van der Waals surface area contributed by atoms with Crippen LogP contribution in [0.4, 0.5) is 11.4 Å². The van der Waals surface area contributed by atoms with Gasteiger partial charge in [-0.25, -0.2) is 0 Å². The number of hydrogen-bond acceptors (Lipinski definition) is 4. The molecule has 0 saturated heterocycles. The highest BCUT2D eigenvalue weighted by Crippen LogP contribution is 2.28. The van der Waals surface area contributed by atoms with Gasteiger partial charge in [0.2, 0.25) is 0 Å². The molecule has 2 rings (SSSR count). The predicted molar refractivity (Wildman–Crippen MR) is 75.2 cm³/mol. The molecule has 0 unspecified atom stereocenters. The first-order valence-corrected chi connectivity index (χ1v) is 6.56. The molecular formula is C11H6Br2N2O4. The van der Waals surface area contributed by atoms with Crippen molar-refractivity contribution in [3.05, 3.63) is 55.3 Å². The Morgan fingerprint density at radius 2 is 2.00 bits per heavy atom. The van der Waals surface area contributed by atoms with Crippen molar-refractivity contribution in [2.24, 2.45) is 0 Å². The van der Waals surface area contributed by atoms with E-state index >= 15 is 0 Å². The summed E-state index contributed by atoms with van der Waals surface area (Å²) >= 11 is 6.17. The van der Waals surface area contributed by atoms with Gasteiger partial charge in [-0.2, -0.15) is 0 Å². The SMILES string of the molecule is O=C(Nc1ccc([N+](=O)[O-])c(Br)c1)c1ccc(Br)o1. The highest BCUT2D eigenvalue weighted by atomic mass is 79.9. The first kappa shape index (κ1) is 13.8. The molecule has 0 spiro atoms. The second-order valence-electron chi connectivity index (χ2n) is 3.48. The van der Waals surface area contributed by atoms with Gasteiger partial charge >= 0.3 is 0 Å². The number of nitro groups is 1. The number of amides is 1. The van der Waals surface area contributed by atoms with Gasteiger partial charge in [-0.3, -0.25) is 14.9 Å². The zero-order chi connectivity index (χ0) is 14.0. The van der Waals surface area contributed by atoms with E-state index in [1.807, 2.05) is 0 Å². The molecule has 6 nitrogen and oxygen atoms in total. The number of carbonyl (C=O) groups excluding carboxylic acids is 1. The molecule has 0 atom stereocenters. The number of nitrogens with one attached hydrogen (secondary N) is 1. The highest BCUT2D eigenvalue weighted by Gasteiger charge is 2.14. The molecule has 0 bridgehead atoms. The van der Waals surface area contributed by atoms with E-state index in [4.69, 9.17) is 4.42 Å². The van der Waals surface area contributed by atoms with Gasteiger partial charge in [0.1, 0.15) is 0 Å². The first-order valence-electron chi connectivity index (χ1n) is 4.98. The highest BCUT2D eigenvalue weighted by molar-refractivity contribution is 9.10. The second kappa shape index (κ2) is 5.54. The van der Waals surface area contributed by atoms with E-state index in [1.54, 1.807) is 6.07 Å². The summed E-state index contributed by atoms with van der Waals surface area (Å²) < 4.78 is 5.83. The summed E-state index contributed by atoms with van der Waals surface area (Å²) in [6.07, 6.45) is 0. The van der Waals surface area contributed by atoms with Crippen LogP contribution in [0, 0.1) is 10.1 Å². The molecule has 0 radical (unpaired) electrons.